The lowest BCUT2D eigenvalue weighted by molar-refractivity contribution is -0.139. The molecule has 20 heavy (non-hydrogen) atoms. The second kappa shape index (κ2) is 7.65. The van der Waals surface area contributed by atoms with Gasteiger partial charge in [0.2, 0.25) is 5.91 Å². The van der Waals surface area contributed by atoms with Crippen molar-refractivity contribution in [1.29, 1.82) is 0 Å². The lowest BCUT2D eigenvalue weighted by Crippen LogP contribution is -2.41. The molecular formula is C15H22N2O3. The Morgan fingerprint density at radius 3 is 2.30 bits per heavy atom. The van der Waals surface area contributed by atoms with Crippen LogP contribution < -0.4 is 10.6 Å². The van der Waals surface area contributed by atoms with Gasteiger partial charge in [-0.25, -0.2) is 0 Å². The second-order valence-electron chi connectivity index (χ2n) is 4.88. The number of nitrogens with one attached hydrogen (secondary N) is 2. The summed E-state index contributed by atoms with van der Waals surface area (Å²) >= 11 is 0. The fourth-order valence-electron chi connectivity index (χ4n) is 1.99. The Morgan fingerprint density at radius 1 is 1.25 bits per heavy atom. The maximum atomic E-state index is 11.3. The fourth-order valence-corrected chi connectivity index (χ4v) is 1.99. The van der Waals surface area contributed by atoms with E-state index in [9.17, 15) is 14.7 Å². The van der Waals surface area contributed by atoms with Crippen LogP contribution in [-0.4, -0.2) is 29.6 Å². The smallest absolute Gasteiger partial charge is 0.325 e. The van der Waals surface area contributed by atoms with Gasteiger partial charge in [0.25, 0.3) is 0 Å². The van der Waals surface area contributed by atoms with E-state index in [1.54, 1.807) is 0 Å². The Hall–Kier alpha value is -1.88. The summed E-state index contributed by atoms with van der Waals surface area (Å²) in [5, 5.41) is 15.0. The molecule has 3 N–H and O–H groups in total. The summed E-state index contributed by atoms with van der Waals surface area (Å²) in [5.41, 5.74) is 1.88. The molecule has 0 aliphatic heterocycles. The Kier molecular flexibility index (Phi) is 6.18. The van der Waals surface area contributed by atoms with Crippen molar-refractivity contribution in [3.05, 3.63) is 35.4 Å². The summed E-state index contributed by atoms with van der Waals surface area (Å²) < 4.78 is 0. The number of amides is 1. The number of aryl methyl sites for hydroxylation is 1. The van der Waals surface area contributed by atoms with Crippen LogP contribution in [0.2, 0.25) is 0 Å². The monoisotopic (exact) mass is 278 g/mol. The zero-order valence-corrected chi connectivity index (χ0v) is 12.1. The van der Waals surface area contributed by atoms with Crippen molar-refractivity contribution < 1.29 is 14.7 Å². The largest absolute Gasteiger partial charge is 0.480 e. The molecule has 2 unspecified atom stereocenters. The van der Waals surface area contributed by atoms with E-state index < -0.39 is 12.0 Å². The molecule has 0 bridgehead atoms. The van der Waals surface area contributed by atoms with E-state index in [1.165, 1.54) is 12.5 Å². The van der Waals surface area contributed by atoms with Gasteiger partial charge in [-0.3, -0.25) is 14.9 Å². The molecule has 5 nitrogen and oxygen atoms in total. The third kappa shape index (κ3) is 5.01. The normalized spacial score (nSPS) is 13.6. The fraction of sp³-hybridized carbons (Fsp3) is 0.467. The van der Waals surface area contributed by atoms with Crippen LogP contribution in [-0.2, 0) is 16.0 Å². The zero-order chi connectivity index (χ0) is 15.1. The van der Waals surface area contributed by atoms with Crippen LogP contribution >= 0.6 is 0 Å². The van der Waals surface area contributed by atoms with Crippen LogP contribution in [0.15, 0.2) is 24.3 Å². The highest BCUT2D eigenvalue weighted by Crippen LogP contribution is 2.14. The number of rotatable bonds is 7. The molecule has 0 radical (unpaired) electrons. The molecule has 1 aromatic rings. The van der Waals surface area contributed by atoms with Crippen LogP contribution in [0.1, 0.15) is 37.9 Å². The molecule has 0 aromatic heterocycles. The summed E-state index contributed by atoms with van der Waals surface area (Å²) in [7, 11) is 0. The van der Waals surface area contributed by atoms with Gasteiger partial charge in [-0.15, -0.1) is 0 Å². The van der Waals surface area contributed by atoms with E-state index in [1.807, 2.05) is 31.2 Å². The maximum Gasteiger partial charge on any atom is 0.325 e. The molecule has 1 aromatic carbocycles. The number of carbonyl (C=O) groups excluding carboxylic acids is 1. The average molecular weight is 278 g/mol. The van der Waals surface area contributed by atoms with Gasteiger partial charge in [0.05, 0.1) is 0 Å². The maximum absolute atomic E-state index is 11.3. The van der Waals surface area contributed by atoms with Crippen molar-refractivity contribution in [2.75, 3.05) is 6.54 Å². The van der Waals surface area contributed by atoms with Crippen molar-refractivity contribution in [3.63, 3.8) is 0 Å². The zero-order valence-electron chi connectivity index (χ0n) is 12.1. The van der Waals surface area contributed by atoms with Gasteiger partial charge in [0, 0.05) is 19.5 Å². The summed E-state index contributed by atoms with van der Waals surface area (Å²) in [6.45, 7) is 5.71. The van der Waals surface area contributed by atoms with Crippen LogP contribution in [0.25, 0.3) is 0 Å². The highest BCUT2D eigenvalue weighted by Gasteiger charge is 2.19. The van der Waals surface area contributed by atoms with Crippen molar-refractivity contribution in [2.24, 2.45) is 0 Å². The van der Waals surface area contributed by atoms with Gasteiger partial charge < -0.3 is 10.4 Å². The van der Waals surface area contributed by atoms with Crippen LogP contribution in [0.5, 0.6) is 0 Å². The highest BCUT2D eigenvalue weighted by atomic mass is 16.4. The number of aliphatic carboxylic acids is 1. The molecule has 0 aliphatic rings. The molecule has 5 heteroatoms. The lowest BCUT2D eigenvalue weighted by Gasteiger charge is -2.19. The number of hydrogen-bond donors (Lipinski definition) is 3. The summed E-state index contributed by atoms with van der Waals surface area (Å²) in [6.07, 6.45) is 0.922. The minimum Gasteiger partial charge on any atom is -0.480 e. The molecule has 0 heterocycles. The molecule has 1 rings (SSSR count). The van der Waals surface area contributed by atoms with E-state index in [0.29, 0.717) is 12.1 Å². The predicted molar refractivity (Wildman–Crippen MR) is 77.5 cm³/mol. The minimum absolute atomic E-state index is 0.121. The van der Waals surface area contributed by atoms with Crippen LogP contribution in [0.3, 0.4) is 0 Å². The number of hydrogen-bond acceptors (Lipinski definition) is 3. The van der Waals surface area contributed by atoms with E-state index in [4.69, 9.17) is 0 Å². The molecule has 110 valence electrons. The standard InChI is InChI=1S/C15H22N2O3/c1-4-12-5-7-13(8-6-12)14(15(19)20)16-9-10(2)17-11(3)18/h5-8,10,14,16H,4,9H2,1-3H3,(H,17,18)(H,19,20). The SMILES string of the molecule is CCc1ccc(C(NCC(C)NC(C)=O)C(=O)O)cc1. The predicted octanol–water partition coefficient (Wildman–Crippen LogP) is 1.49. The van der Waals surface area contributed by atoms with E-state index >= 15 is 0 Å². The molecule has 0 saturated carbocycles. The molecule has 0 fully saturated rings. The van der Waals surface area contributed by atoms with Crippen molar-refractivity contribution >= 4 is 11.9 Å². The number of benzene rings is 1. The summed E-state index contributed by atoms with van der Waals surface area (Å²) in [6, 6.07) is 6.64. The number of carbonyl (C=O) groups is 2. The number of carboxylic acids is 1. The first-order valence-electron chi connectivity index (χ1n) is 6.76. The van der Waals surface area contributed by atoms with E-state index in [0.717, 1.165) is 6.42 Å². The van der Waals surface area contributed by atoms with Gasteiger partial charge in [0.15, 0.2) is 0 Å². The Morgan fingerprint density at radius 2 is 1.85 bits per heavy atom. The van der Waals surface area contributed by atoms with Gasteiger partial charge in [-0.05, 0) is 24.5 Å². The highest BCUT2D eigenvalue weighted by molar-refractivity contribution is 5.75. The minimum atomic E-state index is -0.927. The molecule has 0 aliphatic carbocycles. The molecule has 0 spiro atoms. The van der Waals surface area contributed by atoms with Crippen LogP contribution in [0, 0.1) is 0 Å². The summed E-state index contributed by atoms with van der Waals surface area (Å²) in [5.74, 6) is -1.05. The molecular weight excluding hydrogens is 256 g/mol. The first-order valence-corrected chi connectivity index (χ1v) is 6.76. The first-order chi connectivity index (χ1) is 9.43. The summed E-state index contributed by atoms with van der Waals surface area (Å²) in [4.78, 5) is 22.3. The molecule has 1 amide bonds. The Labute approximate surface area is 119 Å². The number of carboxylic acid groups (broad SMARTS) is 1. The molecule has 2 atom stereocenters. The van der Waals surface area contributed by atoms with E-state index in [-0.39, 0.29) is 11.9 Å². The van der Waals surface area contributed by atoms with Crippen LogP contribution in [0.4, 0.5) is 0 Å². The van der Waals surface area contributed by atoms with Crippen molar-refractivity contribution in [1.82, 2.24) is 10.6 Å². The third-order valence-electron chi connectivity index (χ3n) is 3.05. The van der Waals surface area contributed by atoms with Gasteiger partial charge in [-0.2, -0.15) is 0 Å². The van der Waals surface area contributed by atoms with Crippen molar-refractivity contribution in [3.8, 4) is 0 Å². The topological polar surface area (TPSA) is 78.4 Å². The Bertz CT molecular complexity index is 457. The van der Waals surface area contributed by atoms with Gasteiger partial charge in [-0.1, -0.05) is 31.2 Å². The average Bonchev–Trinajstić information content (AvgIpc) is 2.38. The third-order valence-corrected chi connectivity index (χ3v) is 3.05. The first kappa shape index (κ1) is 16.2. The quantitative estimate of drug-likeness (QED) is 0.706. The second-order valence-corrected chi connectivity index (χ2v) is 4.88. The Balaban J connectivity index is 2.68. The lowest BCUT2D eigenvalue weighted by atomic mass is 10.0. The van der Waals surface area contributed by atoms with Gasteiger partial charge in [0.1, 0.15) is 6.04 Å². The molecule has 0 saturated heterocycles. The van der Waals surface area contributed by atoms with Gasteiger partial charge >= 0.3 is 5.97 Å². The van der Waals surface area contributed by atoms with E-state index in [2.05, 4.69) is 17.6 Å². The van der Waals surface area contributed by atoms with Crippen molar-refractivity contribution in [2.45, 2.75) is 39.3 Å².